The summed E-state index contributed by atoms with van der Waals surface area (Å²) in [5, 5.41) is 1.68. The molecule has 3 aromatic carbocycles. The van der Waals surface area contributed by atoms with Crippen molar-refractivity contribution >= 4 is 23.2 Å². The molecule has 150 valence electrons. The summed E-state index contributed by atoms with van der Waals surface area (Å²) in [6.07, 6.45) is -0.938. The number of imide groups is 1. The van der Waals surface area contributed by atoms with Gasteiger partial charge in [-0.15, -0.1) is 0 Å². The summed E-state index contributed by atoms with van der Waals surface area (Å²) in [6.45, 7) is 1.98. The average Bonchev–Trinajstić information content (AvgIpc) is 3.26. The summed E-state index contributed by atoms with van der Waals surface area (Å²) in [4.78, 5) is 33.9. The first kappa shape index (κ1) is 18.5. The van der Waals surface area contributed by atoms with Crippen LogP contribution in [0.1, 0.15) is 17.2 Å². The normalized spacial score (nSPS) is 23.2. The second-order valence-electron chi connectivity index (χ2n) is 7.50. The second-order valence-corrected chi connectivity index (χ2v) is 7.50. The summed E-state index contributed by atoms with van der Waals surface area (Å²) in [7, 11) is 0. The van der Waals surface area contributed by atoms with Crippen molar-refractivity contribution in [1.29, 1.82) is 0 Å². The zero-order valence-electron chi connectivity index (χ0n) is 16.2. The predicted octanol–water partition coefficient (Wildman–Crippen LogP) is 4.19. The van der Waals surface area contributed by atoms with Gasteiger partial charge in [0.15, 0.2) is 6.10 Å². The highest BCUT2D eigenvalue weighted by atomic mass is 19.1. The first-order valence-corrected chi connectivity index (χ1v) is 9.76. The number of amides is 2. The van der Waals surface area contributed by atoms with E-state index in [1.807, 2.05) is 61.5 Å². The van der Waals surface area contributed by atoms with Gasteiger partial charge < -0.3 is 0 Å². The number of hydrogen-bond acceptors (Lipinski definition) is 4. The van der Waals surface area contributed by atoms with Gasteiger partial charge in [0.2, 0.25) is 5.91 Å². The van der Waals surface area contributed by atoms with E-state index in [0.29, 0.717) is 5.69 Å². The lowest BCUT2D eigenvalue weighted by molar-refractivity contribution is -0.126. The van der Waals surface area contributed by atoms with Crippen LogP contribution >= 0.6 is 0 Å². The molecule has 0 aromatic heterocycles. The van der Waals surface area contributed by atoms with Crippen LogP contribution in [-0.2, 0) is 14.4 Å². The van der Waals surface area contributed by atoms with Crippen molar-refractivity contribution < 1.29 is 18.8 Å². The van der Waals surface area contributed by atoms with Gasteiger partial charge in [0.1, 0.15) is 11.7 Å². The average molecular weight is 402 g/mol. The van der Waals surface area contributed by atoms with Crippen molar-refractivity contribution in [3.05, 3.63) is 95.8 Å². The van der Waals surface area contributed by atoms with Crippen molar-refractivity contribution in [3.8, 4) is 0 Å². The number of hydroxylamine groups is 1. The van der Waals surface area contributed by atoms with Crippen LogP contribution in [0.4, 0.5) is 15.8 Å². The Hall–Kier alpha value is -3.51. The number of carbonyl (C=O) groups is 2. The van der Waals surface area contributed by atoms with E-state index in [4.69, 9.17) is 4.84 Å². The predicted molar refractivity (Wildman–Crippen MR) is 110 cm³/mol. The number of rotatable bonds is 3. The Morgan fingerprint density at radius 1 is 0.800 bits per heavy atom. The maximum absolute atomic E-state index is 13.5. The number of halogens is 1. The van der Waals surface area contributed by atoms with E-state index in [0.717, 1.165) is 21.7 Å². The highest BCUT2D eigenvalue weighted by molar-refractivity contribution is 6.23. The maximum atomic E-state index is 13.5. The lowest BCUT2D eigenvalue weighted by atomic mass is 9.88. The molecule has 30 heavy (non-hydrogen) atoms. The molecule has 0 radical (unpaired) electrons. The molecule has 5 nitrogen and oxygen atoms in total. The lowest BCUT2D eigenvalue weighted by Gasteiger charge is -2.29. The first-order chi connectivity index (χ1) is 14.6. The third kappa shape index (κ3) is 2.80. The van der Waals surface area contributed by atoms with Gasteiger partial charge >= 0.3 is 0 Å². The van der Waals surface area contributed by atoms with Crippen LogP contribution in [0.25, 0.3) is 0 Å². The summed E-state index contributed by atoms with van der Waals surface area (Å²) in [5.74, 6) is -1.91. The van der Waals surface area contributed by atoms with Crippen molar-refractivity contribution in [1.82, 2.24) is 0 Å². The summed E-state index contributed by atoms with van der Waals surface area (Å²) < 4.78 is 13.3. The molecule has 2 amide bonds. The van der Waals surface area contributed by atoms with E-state index in [2.05, 4.69) is 0 Å². The summed E-state index contributed by atoms with van der Waals surface area (Å²) >= 11 is 0. The standard InChI is InChI=1S/C24H19FN2O3/c1-15-7-5-6-10-19(15)21-20-22(30-27(21)18-8-3-2-4-9-18)24(29)26(23(20)28)17-13-11-16(25)12-14-17/h2-14,20-22H,1H3/t20-,21+,22-/m1/s1. The molecule has 3 atom stereocenters. The van der Waals surface area contributed by atoms with Crippen molar-refractivity contribution in [2.24, 2.45) is 5.92 Å². The Balaban J connectivity index is 1.60. The molecule has 2 saturated heterocycles. The summed E-state index contributed by atoms with van der Waals surface area (Å²) in [5.41, 5.74) is 3.05. The van der Waals surface area contributed by atoms with Gasteiger partial charge in [-0.3, -0.25) is 14.4 Å². The van der Waals surface area contributed by atoms with Crippen LogP contribution in [0.2, 0.25) is 0 Å². The van der Waals surface area contributed by atoms with Gasteiger partial charge in [0.25, 0.3) is 5.91 Å². The van der Waals surface area contributed by atoms with Crippen LogP contribution in [0, 0.1) is 18.7 Å². The molecule has 6 heteroatoms. The Morgan fingerprint density at radius 3 is 2.17 bits per heavy atom. The number of aryl methyl sites for hydroxylation is 1. The molecule has 0 spiro atoms. The van der Waals surface area contributed by atoms with Crippen LogP contribution in [-0.4, -0.2) is 17.9 Å². The van der Waals surface area contributed by atoms with E-state index < -0.39 is 29.8 Å². The summed E-state index contributed by atoms with van der Waals surface area (Å²) in [6, 6.07) is 22.1. The molecule has 5 rings (SSSR count). The molecule has 0 unspecified atom stereocenters. The van der Waals surface area contributed by atoms with Crippen LogP contribution in [0.5, 0.6) is 0 Å². The molecule has 2 aliphatic rings. The fourth-order valence-electron chi connectivity index (χ4n) is 4.29. The van der Waals surface area contributed by atoms with Gasteiger partial charge in [0.05, 0.1) is 17.4 Å². The number of nitrogens with zero attached hydrogens (tertiary/aromatic N) is 2. The monoisotopic (exact) mass is 402 g/mol. The quantitative estimate of drug-likeness (QED) is 0.617. The Labute approximate surface area is 173 Å². The lowest BCUT2D eigenvalue weighted by Crippen LogP contribution is -2.37. The van der Waals surface area contributed by atoms with Crippen molar-refractivity contribution in [3.63, 3.8) is 0 Å². The number of hydrogen-bond donors (Lipinski definition) is 0. The molecule has 0 saturated carbocycles. The molecule has 0 bridgehead atoms. The Bertz CT molecular complexity index is 1120. The fourth-order valence-corrected chi connectivity index (χ4v) is 4.29. The topological polar surface area (TPSA) is 49.9 Å². The zero-order valence-corrected chi connectivity index (χ0v) is 16.2. The van der Waals surface area contributed by atoms with E-state index in [9.17, 15) is 14.0 Å². The molecule has 2 heterocycles. The van der Waals surface area contributed by atoms with Gasteiger partial charge in [-0.1, -0.05) is 42.5 Å². The molecular weight excluding hydrogens is 383 g/mol. The van der Waals surface area contributed by atoms with Crippen LogP contribution in [0.3, 0.4) is 0 Å². The first-order valence-electron chi connectivity index (χ1n) is 9.76. The number of para-hydroxylation sites is 1. The minimum Gasteiger partial charge on any atom is -0.273 e. The number of fused-ring (bicyclic) bond motifs is 1. The SMILES string of the molecule is Cc1ccccc1[C@H]1[C@H]2C(=O)N(c3ccc(F)cc3)C(=O)[C@@H]2ON1c1ccccc1. The van der Waals surface area contributed by atoms with E-state index in [1.54, 1.807) is 5.06 Å². The largest absolute Gasteiger partial charge is 0.273 e. The second kappa shape index (κ2) is 7.07. The maximum Gasteiger partial charge on any atom is 0.266 e. The third-order valence-corrected chi connectivity index (χ3v) is 5.72. The smallest absolute Gasteiger partial charge is 0.266 e. The number of anilines is 2. The number of benzene rings is 3. The minimum absolute atomic E-state index is 0.344. The van der Waals surface area contributed by atoms with Crippen molar-refractivity contribution in [2.45, 2.75) is 19.1 Å². The van der Waals surface area contributed by atoms with E-state index in [1.165, 1.54) is 24.3 Å². The van der Waals surface area contributed by atoms with Crippen LogP contribution in [0.15, 0.2) is 78.9 Å². The molecule has 2 aliphatic heterocycles. The van der Waals surface area contributed by atoms with E-state index >= 15 is 0 Å². The Kier molecular flexibility index (Phi) is 4.37. The van der Waals surface area contributed by atoms with Crippen LogP contribution < -0.4 is 9.96 Å². The highest BCUT2D eigenvalue weighted by Gasteiger charge is 2.60. The van der Waals surface area contributed by atoms with Crippen molar-refractivity contribution in [2.75, 3.05) is 9.96 Å². The zero-order chi connectivity index (χ0) is 20.8. The molecule has 2 fully saturated rings. The molecular formula is C24H19FN2O3. The van der Waals surface area contributed by atoms with Gasteiger partial charge in [-0.05, 0) is 54.4 Å². The Morgan fingerprint density at radius 2 is 1.47 bits per heavy atom. The molecule has 0 aliphatic carbocycles. The molecule has 3 aromatic rings. The van der Waals surface area contributed by atoms with E-state index in [-0.39, 0.29) is 5.91 Å². The highest BCUT2D eigenvalue weighted by Crippen LogP contribution is 2.48. The van der Waals surface area contributed by atoms with Gasteiger partial charge in [-0.2, -0.15) is 0 Å². The third-order valence-electron chi connectivity index (χ3n) is 5.72. The fraction of sp³-hybridized carbons (Fsp3) is 0.167. The van der Waals surface area contributed by atoms with Gasteiger partial charge in [0, 0.05) is 0 Å². The molecule has 0 N–H and O–H groups in total. The van der Waals surface area contributed by atoms with Gasteiger partial charge in [-0.25, -0.2) is 14.4 Å². The minimum atomic E-state index is -0.938. The number of carbonyl (C=O) groups excluding carboxylic acids is 2.